The van der Waals surface area contributed by atoms with E-state index in [2.05, 4.69) is 16.0 Å². The molecule has 16 heavy (non-hydrogen) atoms. The Kier molecular flexibility index (Phi) is 3.46. The van der Waals surface area contributed by atoms with Crippen molar-refractivity contribution < 1.29 is 4.79 Å². The zero-order valence-corrected chi connectivity index (χ0v) is 9.35. The highest BCUT2D eigenvalue weighted by molar-refractivity contribution is 5.76. The van der Waals surface area contributed by atoms with Crippen LogP contribution in [-0.4, -0.2) is 48.5 Å². The molecule has 1 amide bonds. The van der Waals surface area contributed by atoms with E-state index >= 15 is 0 Å². The van der Waals surface area contributed by atoms with Gasteiger partial charge in [-0.05, 0) is 6.07 Å². The summed E-state index contributed by atoms with van der Waals surface area (Å²) in [5.41, 5.74) is 6.58. The van der Waals surface area contributed by atoms with E-state index in [0.29, 0.717) is 13.0 Å². The Morgan fingerprint density at radius 3 is 2.69 bits per heavy atom. The number of nitrogens with one attached hydrogen (secondary N) is 1. The summed E-state index contributed by atoms with van der Waals surface area (Å²) >= 11 is 0. The summed E-state index contributed by atoms with van der Waals surface area (Å²) in [7, 11) is 0. The Balaban J connectivity index is 1.85. The summed E-state index contributed by atoms with van der Waals surface area (Å²) in [6.45, 7) is 3.83. The maximum Gasteiger partial charge on any atom is 0.223 e. The van der Waals surface area contributed by atoms with E-state index in [0.717, 1.165) is 26.2 Å². The summed E-state index contributed by atoms with van der Waals surface area (Å²) in [6.07, 6.45) is 4.36. The van der Waals surface area contributed by atoms with Gasteiger partial charge in [0.25, 0.3) is 0 Å². The summed E-state index contributed by atoms with van der Waals surface area (Å²) in [5, 5.41) is 0. The highest BCUT2D eigenvalue weighted by atomic mass is 16.2. The summed E-state index contributed by atoms with van der Waals surface area (Å²) < 4.78 is 0. The van der Waals surface area contributed by atoms with Gasteiger partial charge in [0, 0.05) is 51.5 Å². The minimum atomic E-state index is 0.177. The van der Waals surface area contributed by atoms with E-state index in [4.69, 9.17) is 5.73 Å². The average molecular weight is 222 g/mol. The molecule has 1 saturated heterocycles. The number of aromatic amines is 1. The molecule has 0 unspecified atom stereocenters. The van der Waals surface area contributed by atoms with Crippen LogP contribution in [0.25, 0.3) is 0 Å². The van der Waals surface area contributed by atoms with Crippen molar-refractivity contribution in [3.05, 3.63) is 18.5 Å². The maximum atomic E-state index is 11.6. The van der Waals surface area contributed by atoms with E-state index in [1.165, 1.54) is 5.69 Å². The molecule has 1 aromatic heterocycles. The Hall–Kier alpha value is -1.49. The highest BCUT2D eigenvalue weighted by Crippen LogP contribution is 2.15. The molecule has 0 aromatic carbocycles. The molecule has 0 bridgehead atoms. The maximum absolute atomic E-state index is 11.6. The van der Waals surface area contributed by atoms with Crippen LogP contribution in [-0.2, 0) is 4.79 Å². The topological polar surface area (TPSA) is 65.4 Å². The van der Waals surface area contributed by atoms with Crippen molar-refractivity contribution >= 4 is 11.6 Å². The van der Waals surface area contributed by atoms with Crippen molar-refractivity contribution in [3.63, 3.8) is 0 Å². The molecule has 88 valence electrons. The molecule has 2 heterocycles. The highest BCUT2D eigenvalue weighted by Gasteiger charge is 2.20. The number of aromatic nitrogens is 1. The van der Waals surface area contributed by atoms with Crippen molar-refractivity contribution in [1.29, 1.82) is 0 Å². The lowest BCUT2D eigenvalue weighted by Gasteiger charge is -2.35. The second-order valence-corrected chi connectivity index (χ2v) is 3.98. The Labute approximate surface area is 95.2 Å². The van der Waals surface area contributed by atoms with Crippen LogP contribution < -0.4 is 10.6 Å². The van der Waals surface area contributed by atoms with Gasteiger partial charge >= 0.3 is 0 Å². The molecule has 5 heteroatoms. The molecule has 0 spiro atoms. The molecule has 2 rings (SSSR count). The molecule has 0 atom stereocenters. The van der Waals surface area contributed by atoms with Crippen molar-refractivity contribution in [2.45, 2.75) is 6.42 Å². The van der Waals surface area contributed by atoms with Crippen LogP contribution in [0.2, 0.25) is 0 Å². The van der Waals surface area contributed by atoms with Crippen molar-refractivity contribution in [3.8, 4) is 0 Å². The third-order valence-electron chi connectivity index (χ3n) is 2.94. The molecule has 1 aromatic rings. The smallest absolute Gasteiger partial charge is 0.223 e. The quantitative estimate of drug-likeness (QED) is 0.757. The number of amides is 1. The summed E-state index contributed by atoms with van der Waals surface area (Å²) in [4.78, 5) is 18.8. The largest absolute Gasteiger partial charge is 0.367 e. The number of carbonyl (C=O) groups is 1. The zero-order chi connectivity index (χ0) is 11.4. The lowest BCUT2D eigenvalue weighted by Crippen LogP contribution is -2.49. The molecule has 1 aliphatic rings. The predicted octanol–water partition coefficient (Wildman–Crippen LogP) is 0.0121. The molecule has 0 aliphatic carbocycles. The average Bonchev–Trinajstić information content (AvgIpc) is 2.83. The van der Waals surface area contributed by atoms with E-state index in [-0.39, 0.29) is 5.91 Å². The van der Waals surface area contributed by atoms with Crippen molar-refractivity contribution in [1.82, 2.24) is 9.88 Å². The number of nitrogens with zero attached hydrogens (tertiary/aromatic N) is 2. The number of H-pyrrole nitrogens is 1. The van der Waals surface area contributed by atoms with Gasteiger partial charge in [-0.3, -0.25) is 4.79 Å². The summed E-state index contributed by atoms with van der Waals surface area (Å²) in [6, 6.07) is 2.05. The number of hydrogen-bond donors (Lipinski definition) is 2. The standard InChI is InChI=1S/C11H18N4O/c12-3-1-11(16)15-7-5-14(6-8-15)10-2-4-13-9-10/h2,4,9,13H,1,3,5-8,12H2. The minimum Gasteiger partial charge on any atom is -0.367 e. The van der Waals surface area contributed by atoms with Crippen LogP contribution in [0, 0.1) is 0 Å². The Bertz CT molecular complexity index is 328. The molecular weight excluding hydrogens is 204 g/mol. The van der Waals surface area contributed by atoms with Crippen molar-refractivity contribution in [2.75, 3.05) is 37.6 Å². The third-order valence-corrected chi connectivity index (χ3v) is 2.94. The normalized spacial score (nSPS) is 16.6. The van der Waals surface area contributed by atoms with Crippen LogP contribution in [0.1, 0.15) is 6.42 Å². The fourth-order valence-electron chi connectivity index (χ4n) is 2.01. The van der Waals surface area contributed by atoms with E-state index < -0.39 is 0 Å². The van der Waals surface area contributed by atoms with E-state index in [1.54, 1.807) is 0 Å². The van der Waals surface area contributed by atoms with Gasteiger partial charge in [0.05, 0.1) is 5.69 Å². The molecule has 5 nitrogen and oxygen atoms in total. The molecule has 0 saturated carbocycles. The molecule has 1 aliphatic heterocycles. The first kappa shape index (κ1) is 11.0. The van der Waals surface area contributed by atoms with E-state index in [1.807, 2.05) is 17.3 Å². The number of hydrogen-bond acceptors (Lipinski definition) is 3. The van der Waals surface area contributed by atoms with Gasteiger partial charge in [0.2, 0.25) is 5.91 Å². The Morgan fingerprint density at radius 2 is 2.12 bits per heavy atom. The van der Waals surface area contributed by atoms with Crippen LogP contribution >= 0.6 is 0 Å². The predicted molar refractivity (Wildman–Crippen MR) is 63.3 cm³/mol. The fraction of sp³-hybridized carbons (Fsp3) is 0.545. The second-order valence-electron chi connectivity index (χ2n) is 3.98. The van der Waals surface area contributed by atoms with Gasteiger partial charge in [-0.25, -0.2) is 0 Å². The fourth-order valence-corrected chi connectivity index (χ4v) is 2.01. The van der Waals surface area contributed by atoms with Crippen LogP contribution in [0.3, 0.4) is 0 Å². The number of piperazine rings is 1. The third kappa shape index (κ3) is 2.36. The molecular formula is C11H18N4O. The van der Waals surface area contributed by atoms with Gasteiger partial charge < -0.3 is 20.5 Å². The van der Waals surface area contributed by atoms with Crippen molar-refractivity contribution in [2.24, 2.45) is 5.73 Å². The lowest BCUT2D eigenvalue weighted by atomic mass is 10.2. The summed E-state index contributed by atoms with van der Waals surface area (Å²) in [5.74, 6) is 0.177. The lowest BCUT2D eigenvalue weighted by molar-refractivity contribution is -0.131. The number of carbonyl (C=O) groups excluding carboxylic acids is 1. The number of rotatable bonds is 3. The van der Waals surface area contributed by atoms with E-state index in [9.17, 15) is 4.79 Å². The number of nitrogens with two attached hydrogens (primary N) is 1. The van der Waals surface area contributed by atoms with Gasteiger partial charge in [0.15, 0.2) is 0 Å². The molecule has 0 radical (unpaired) electrons. The number of anilines is 1. The zero-order valence-electron chi connectivity index (χ0n) is 9.35. The SMILES string of the molecule is NCCC(=O)N1CCN(c2cc[nH]c2)CC1. The molecule has 1 fully saturated rings. The first-order valence-corrected chi connectivity index (χ1v) is 5.67. The van der Waals surface area contributed by atoms with Gasteiger partial charge in [-0.2, -0.15) is 0 Å². The van der Waals surface area contributed by atoms with Gasteiger partial charge in [0.1, 0.15) is 0 Å². The first-order valence-electron chi connectivity index (χ1n) is 5.67. The van der Waals surface area contributed by atoms with Gasteiger partial charge in [-0.1, -0.05) is 0 Å². The monoisotopic (exact) mass is 222 g/mol. The van der Waals surface area contributed by atoms with Crippen LogP contribution in [0.15, 0.2) is 18.5 Å². The Morgan fingerprint density at radius 1 is 1.38 bits per heavy atom. The minimum absolute atomic E-state index is 0.177. The second kappa shape index (κ2) is 5.03. The van der Waals surface area contributed by atoms with Crippen LogP contribution in [0.4, 0.5) is 5.69 Å². The molecule has 3 N–H and O–H groups in total. The first-order chi connectivity index (χ1) is 7.81. The van der Waals surface area contributed by atoms with Gasteiger partial charge in [-0.15, -0.1) is 0 Å². The van der Waals surface area contributed by atoms with Crippen LogP contribution in [0.5, 0.6) is 0 Å².